The first kappa shape index (κ1) is 13.1. The summed E-state index contributed by atoms with van der Waals surface area (Å²) in [5.41, 5.74) is 1.87. The number of hydrogen-bond acceptors (Lipinski definition) is 5. The average molecular weight is 271 g/mol. The molecule has 0 unspecified atom stereocenters. The third-order valence-corrected chi connectivity index (χ3v) is 3.84. The number of rotatable bonds is 4. The molecule has 2 heterocycles. The molecule has 106 valence electrons. The Labute approximate surface area is 119 Å². The molecule has 0 saturated carbocycles. The maximum Gasteiger partial charge on any atom is 0.172 e. The molecule has 2 aromatic rings. The van der Waals surface area contributed by atoms with Crippen molar-refractivity contribution in [2.24, 2.45) is 5.92 Å². The van der Waals surface area contributed by atoms with Crippen molar-refractivity contribution >= 4 is 22.7 Å². The molecule has 1 aliphatic heterocycles. The van der Waals surface area contributed by atoms with Gasteiger partial charge in [0.25, 0.3) is 0 Å². The van der Waals surface area contributed by atoms with E-state index in [1.807, 2.05) is 31.3 Å². The van der Waals surface area contributed by atoms with Gasteiger partial charge in [-0.15, -0.1) is 0 Å². The van der Waals surface area contributed by atoms with Crippen molar-refractivity contribution in [2.75, 3.05) is 43.9 Å². The van der Waals surface area contributed by atoms with Crippen molar-refractivity contribution in [1.82, 2.24) is 15.3 Å². The van der Waals surface area contributed by atoms with E-state index in [1.165, 1.54) is 6.42 Å². The number of para-hydroxylation sites is 2. The minimum Gasteiger partial charge on any atom is -0.370 e. The smallest absolute Gasteiger partial charge is 0.172 e. The lowest BCUT2D eigenvalue weighted by atomic mass is 10.1. The number of nitrogens with zero attached hydrogens (tertiary/aromatic N) is 3. The summed E-state index contributed by atoms with van der Waals surface area (Å²) in [6.07, 6.45) is 1.24. The average Bonchev–Trinajstić information content (AvgIpc) is 2.98. The third kappa shape index (κ3) is 2.54. The van der Waals surface area contributed by atoms with Crippen molar-refractivity contribution < 1.29 is 0 Å². The second-order valence-corrected chi connectivity index (χ2v) is 5.37. The zero-order valence-electron chi connectivity index (χ0n) is 12.1. The largest absolute Gasteiger partial charge is 0.370 e. The van der Waals surface area contributed by atoms with Crippen LogP contribution < -0.4 is 15.5 Å². The summed E-state index contributed by atoms with van der Waals surface area (Å²) in [5, 5.41) is 6.57. The first-order valence-electron chi connectivity index (χ1n) is 7.14. The van der Waals surface area contributed by atoms with E-state index in [4.69, 9.17) is 4.98 Å². The zero-order valence-corrected chi connectivity index (χ0v) is 12.1. The molecule has 1 aliphatic rings. The Morgan fingerprint density at radius 3 is 2.70 bits per heavy atom. The van der Waals surface area contributed by atoms with Crippen LogP contribution in [0.1, 0.15) is 6.42 Å². The quantitative estimate of drug-likeness (QED) is 0.887. The van der Waals surface area contributed by atoms with Crippen LogP contribution in [0.15, 0.2) is 24.3 Å². The van der Waals surface area contributed by atoms with E-state index in [-0.39, 0.29) is 0 Å². The Morgan fingerprint density at radius 1 is 1.30 bits per heavy atom. The number of aromatic nitrogens is 2. The Morgan fingerprint density at radius 2 is 2.05 bits per heavy atom. The zero-order chi connectivity index (χ0) is 13.9. The van der Waals surface area contributed by atoms with Gasteiger partial charge in [-0.1, -0.05) is 12.1 Å². The van der Waals surface area contributed by atoms with Gasteiger partial charge in [0, 0.05) is 20.6 Å². The number of benzene rings is 1. The SMILES string of the molecule is CNc1nc2ccccc2nc1N(C)C[C@H]1CCNC1. The van der Waals surface area contributed by atoms with E-state index in [0.717, 1.165) is 42.3 Å². The van der Waals surface area contributed by atoms with Gasteiger partial charge in [0.2, 0.25) is 0 Å². The summed E-state index contributed by atoms with van der Waals surface area (Å²) < 4.78 is 0. The molecular weight excluding hydrogens is 250 g/mol. The summed E-state index contributed by atoms with van der Waals surface area (Å²) in [7, 11) is 3.99. The number of fused-ring (bicyclic) bond motifs is 1. The van der Waals surface area contributed by atoms with Gasteiger partial charge in [0.1, 0.15) is 0 Å². The molecule has 0 radical (unpaired) electrons. The van der Waals surface area contributed by atoms with Crippen molar-refractivity contribution in [1.29, 1.82) is 0 Å². The predicted molar refractivity (Wildman–Crippen MR) is 83.3 cm³/mol. The first-order chi connectivity index (χ1) is 9.78. The highest BCUT2D eigenvalue weighted by molar-refractivity contribution is 5.80. The van der Waals surface area contributed by atoms with Crippen LogP contribution in [0.2, 0.25) is 0 Å². The molecule has 1 aromatic carbocycles. The van der Waals surface area contributed by atoms with Gasteiger partial charge in [0.15, 0.2) is 11.6 Å². The van der Waals surface area contributed by atoms with Gasteiger partial charge >= 0.3 is 0 Å². The van der Waals surface area contributed by atoms with Gasteiger partial charge in [-0.05, 0) is 37.6 Å². The molecule has 0 spiro atoms. The van der Waals surface area contributed by atoms with Crippen LogP contribution >= 0.6 is 0 Å². The number of anilines is 2. The van der Waals surface area contributed by atoms with Crippen LogP contribution in [0.25, 0.3) is 11.0 Å². The van der Waals surface area contributed by atoms with Crippen LogP contribution in [0.5, 0.6) is 0 Å². The maximum absolute atomic E-state index is 4.77. The second kappa shape index (κ2) is 5.63. The van der Waals surface area contributed by atoms with Crippen molar-refractivity contribution in [3.05, 3.63) is 24.3 Å². The molecule has 1 fully saturated rings. The highest BCUT2D eigenvalue weighted by Gasteiger charge is 2.19. The molecule has 0 aliphatic carbocycles. The highest BCUT2D eigenvalue weighted by Crippen LogP contribution is 2.25. The lowest BCUT2D eigenvalue weighted by molar-refractivity contribution is 0.576. The Hall–Kier alpha value is -1.88. The van der Waals surface area contributed by atoms with Gasteiger partial charge in [-0.3, -0.25) is 0 Å². The minimum absolute atomic E-state index is 0.693. The fourth-order valence-corrected chi connectivity index (χ4v) is 2.77. The summed E-state index contributed by atoms with van der Waals surface area (Å²) in [6, 6.07) is 7.99. The van der Waals surface area contributed by atoms with Crippen LogP contribution in [0, 0.1) is 5.92 Å². The van der Waals surface area contributed by atoms with Gasteiger partial charge in [-0.2, -0.15) is 0 Å². The number of hydrogen-bond donors (Lipinski definition) is 2. The van der Waals surface area contributed by atoms with Crippen LogP contribution in [-0.2, 0) is 0 Å². The molecule has 5 heteroatoms. The molecule has 20 heavy (non-hydrogen) atoms. The standard InChI is InChI=1S/C15H21N5/c1-16-14-15(20(2)10-11-7-8-17-9-11)19-13-6-4-3-5-12(13)18-14/h3-6,11,17H,7-10H2,1-2H3,(H,16,18)/t11-/m0/s1. The van der Waals surface area contributed by atoms with E-state index >= 15 is 0 Å². The fourth-order valence-electron chi connectivity index (χ4n) is 2.77. The fraction of sp³-hybridized carbons (Fsp3) is 0.467. The predicted octanol–water partition coefficient (Wildman–Crippen LogP) is 1.72. The summed E-state index contributed by atoms with van der Waals surface area (Å²) in [4.78, 5) is 11.6. The van der Waals surface area contributed by atoms with E-state index < -0.39 is 0 Å². The minimum atomic E-state index is 0.693. The molecular formula is C15H21N5. The molecule has 1 saturated heterocycles. The molecule has 1 aromatic heterocycles. The van der Waals surface area contributed by atoms with Gasteiger partial charge in [-0.25, -0.2) is 9.97 Å². The van der Waals surface area contributed by atoms with Crippen molar-refractivity contribution in [2.45, 2.75) is 6.42 Å². The maximum atomic E-state index is 4.77. The summed E-state index contributed by atoms with van der Waals surface area (Å²) >= 11 is 0. The molecule has 2 N–H and O–H groups in total. The van der Waals surface area contributed by atoms with E-state index in [9.17, 15) is 0 Å². The summed E-state index contributed by atoms with van der Waals surface area (Å²) in [6.45, 7) is 3.23. The monoisotopic (exact) mass is 271 g/mol. The first-order valence-corrected chi connectivity index (χ1v) is 7.14. The summed E-state index contributed by atoms with van der Waals surface area (Å²) in [5.74, 6) is 2.47. The van der Waals surface area contributed by atoms with E-state index in [2.05, 4.69) is 27.6 Å². The van der Waals surface area contributed by atoms with Gasteiger partial charge < -0.3 is 15.5 Å². The van der Waals surface area contributed by atoms with Gasteiger partial charge in [0.05, 0.1) is 11.0 Å². The van der Waals surface area contributed by atoms with Crippen molar-refractivity contribution in [3.63, 3.8) is 0 Å². The molecule has 0 amide bonds. The normalized spacial score (nSPS) is 18.4. The molecule has 0 bridgehead atoms. The van der Waals surface area contributed by atoms with Crippen molar-refractivity contribution in [3.8, 4) is 0 Å². The van der Waals surface area contributed by atoms with Crippen LogP contribution in [0.3, 0.4) is 0 Å². The lowest BCUT2D eigenvalue weighted by Gasteiger charge is -2.23. The van der Waals surface area contributed by atoms with E-state index in [1.54, 1.807) is 0 Å². The van der Waals surface area contributed by atoms with Crippen LogP contribution in [0.4, 0.5) is 11.6 Å². The Kier molecular flexibility index (Phi) is 3.69. The van der Waals surface area contributed by atoms with Crippen LogP contribution in [-0.4, -0.2) is 43.7 Å². The van der Waals surface area contributed by atoms with E-state index in [0.29, 0.717) is 5.92 Å². The lowest BCUT2D eigenvalue weighted by Crippen LogP contribution is -2.28. The molecule has 3 rings (SSSR count). The highest BCUT2D eigenvalue weighted by atomic mass is 15.2. The molecule has 1 atom stereocenters. The number of nitrogens with one attached hydrogen (secondary N) is 2. The topological polar surface area (TPSA) is 53.1 Å². The second-order valence-electron chi connectivity index (χ2n) is 5.37. The Bertz CT molecular complexity index is 592. The Balaban J connectivity index is 1.91. The molecule has 5 nitrogen and oxygen atoms in total. The third-order valence-electron chi connectivity index (χ3n) is 3.84.